The molecule has 28 heavy (non-hydrogen) atoms. The van der Waals surface area contributed by atoms with Crippen molar-refractivity contribution < 1.29 is 19.1 Å². The van der Waals surface area contributed by atoms with Crippen LogP contribution in [-0.4, -0.2) is 23.8 Å². The molecule has 0 heterocycles. The summed E-state index contributed by atoms with van der Waals surface area (Å²) in [5, 5.41) is 2.72. The van der Waals surface area contributed by atoms with Gasteiger partial charge in [0, 0.05) is 17.7 Å². The Bertz CT molecular complexity index is 855. The minimum Gasteiger partial charge on any atom is -0.453 e. The Morgan fingerprint density at radius 3 is 2.32 bits per heavy atom. The highest BCUT2D eigenvalue weighted by molar-refractivity contribution is 5.99. The van der Waals surface area contributed by atoms with Crippen molar-refractivity contribution in [1.82, 2.24) is 0 Å². The average Bonchev–Trinajstić information content (AvgIpc) is 2.68. The molecular formula is C23H27NO4. The van der Waals surface area contributed by atoms with Crippen molar-refractivity contribution in [2.24, 2.45) is 0 Å². The molecule has 2 aromatic carbocycles. The van der Waals surface area contributed by atoms with Crippen molar-refractivity contribution in [3.8, 4) is 0 Å². The summed E-state index contributed by atoms with van der Waals surface area (Å²) in [6.45, 7) is 7.35. The maximum atomic E-state index is 12.3. The fraction of sp³-hybridized carbons (Fsp3) is 0.348. The fourth-order valence-electron chi connectivity index (χ4n) is 2.76. The molecule has 0 aromatic heterocycles. The molecule has 0 aliphatic heterocycles. The first-order valence-corrected chi connectivity index (χ1v) is 9.50. The van der Waals surface area contributed by atoms with E-state index in [1.165, 1.54) is 12.5 Å². The van der Waals surface area contributed by atoms with Crippen molar-refractivity contribution in [3.63, 3.8) is 0 Å². The van der Waals surface area contributed by atoms with Gasteiger partial charge in [-0.2, -0.15) is 0 Å². The van der Waals surface area contributed by atoms with E-state index in [9.17, 15) is 14.4 Å². The minimum atomic E-state index is -0.936. The number of rotatable bonds is 8. The molecule has 5 nitrogen and oxygen atoms in total. The van der Waals surface area contributed by atoms with E-state index in [2.05, 4.69) is 12.2 Å². The van der Waals surface area contributed by atoms with Gasteiger partial charge < -0.3 is 10.1 Å². The molecule has 0 saturated carbocycles. The summed E-state index contributed by atoms with van der Waals surface area (Å²) >= 11 is 0. The molecule has 0 aliphatic carbocycles. The van der Waals surface area contributed by atoms with Crippen molar-refractivity contribution in [2.45, 2.75) is 53.1 Å². The first-order valence-electron chi connectivity index (χ1n) is 9.50. The lowest BCUT2D eigenvalue weighted by molar-refractivity contribution is -0.153. The number of amides is 1. The number of carbonyl (C=O) groups is 3. The maximum Gasteiger partial charge on any atom is 0.307 e. The predicted molar refractivity (Wildman–Crippen MR) is 109 cm³/mol. The van der Waals surface area contributed by atoms with Crippen LogP contribution in [0.2, 0.25) is 0 Å². The Morgan fingerprint density at radius 2 is 1.68 bits per heavy atom. The van der Waals surface area contributed by atoms with Gasteiger partial charge in [-0.15, -0.1) is 0 Å². The lowest BCUT2D eigenvalue weighted by Crippen LogP contribution is -2.30. The normalized spacial score (nSPS) is 11.6. The summed E-state index contributed by atoms with van der Waals surface area (Å²) in [7, 11) is 0. The molecule has 0 unspecified atom stereocenters. The molecule has 0 radical (unpaired) electrons. The van der Waals surface area contributed by atoms with Gasteiger partial charge in [0.2, 0.25) is 0 Å². The molecule has 1 amide bonds. The Kier molecular flexibility index (Phi) is 7.50. The number of ketones is 1. The quantitative estimate of drug-likeness (QED) is 0.543. The molecule has 0 fully saturated rings. The van der Waals surface area contributed by atoms with Gasteiger partial charge in [0.15, 0.2) is 11.9 Å². The Hall–Kier alpha value is -2.95. The number of benzene rings is 2. The highest BCUT2D eigenvalue weighted by Crippen LogP contribution is 2.15. The Balaban J connectivity index is 1.83. The summed E-state index contributed by atoms with van der Waals surface area (Å²) in [6.07, 6.45) is -0.0252. The average molecular weight is 381 g/mol. The number of Topliss-reactive ketones (excluding diaryl/α,β-unsaturated/α-hetero) is 1. The van der Waals surface area contributed by atoms with Crippen molar-refractivity contribution in [2.75, 3.05) is 5.32 Å². The number of carbonyl (C=O) groups excluding carboxylic acids is 3. The largest absolute Gasteiger partial charge is 0.453 e. The van der Waals surface area contributed by atoms with Gasteiger partial charge >= 0.3 is 5.97 Å². The smallest absolute Gasteiger partial charge is 0.307 e. The number of hydrogen-bond acceptors (Lipinski definition) is 4. The zero-order chi connectivity index (χ0) is 20.7. The fourth-order valence-corrected chi connectivity index (χ4v) is 2.76. The molecule has 2 rings (SSSR count). The zero-order valence-electron chi connectivity index (χ0n) is 16.9. The third kappa shape index (κ3) is 6.05. The number of nitrogens with one attached hydrogen (secondary N) is 1. The van der Waals surface area contributed by atoms with E-state index in [4.69, 9.17) is 4.74 Å². The van der Waals surface area contributed by atoms with Crippen LogP contribution in [-0.2, 0) is 20.7 Å². The number of ether oxygens (including phenoxy) is 1. The van der Waals surface area contributed by atoms with Crippen molar-refractivity contribution >= 4 is 23.3 Å². The Labute approximate surface area is 166 Å². The van der Waals surface area contributed by atoms with E-state index in [0.717, 1.165) is 17.5 Å². The SMILES string of the molecule is CCc1ccc(NC(=O)[C@@H](C)OC(=O)CCC(=O)c2cc(C)ccc2C)cc1. The monoisotopic (exact) mass is 381 g/mol. The maximum absolute atomic E-state index is 12.3. The van der Waals surface area contributed by atoms with Gasteiger partial charge in [0.1, 0.15) is 0 Å². The van der Waals surface area contributed by atoms with Crippen LogP contribution >= 0.6 is 0 Å². The molecule has 148 valence electrons. The molecule has 1 atom stereocenters. The third-order valence-corrected chi connectivity index (χ3v) is 4.56. The van der Waals surface area contributed by atoms with Crippen LogP contribution in [0.15, 0.2) is 42.5 Å². The second kappa shape index (κ2) is 9.83. The van der Waals surface area contributed by atoms with E-state index in [0.29, 0.717) is 11.3 Å². The molecular weight excluding hydrogens is 354 g/mol. The van der Waals surface area contributed by atoms with Crippen LogP contribution < -0.4 is 5.32 Å². The van der Waals surface area contributed by atoms with E-state index >= 15 is 0 Å². The zero-order valence-corrected chi connectivity index (χ0v) is 16.9. The summed E-state index contributed by atoms with van der Waals surface area (Å²) < 4.78 is 5.17. The number of esters is 1. The van der Waals surface area contributed by atoms with E-state index in [1.807, 2.05) is 56.3 Å². The molecule has 0 aliphatic rings. The van der Waals surface area contributed by atoms with E-state index in [1.54, 1.807) is 0 Å². The molecule has 0 spiro atoms. The highest BCUT2D eigenvalue weighted by Gasteiger charge is 2.19. The van der Waals surface area contributed by atoms with E-state index in [-0.39, 0.29) is 18.6 Å². The first-order chi connectivity index (χ1) is 13.3. The molecule has 0 bridgehead atoms. The Morgan fingerprint density at radius 1 is 1.00 bits per heavy atom. The van der Waals surface area contributed by atoms with Gasteiger partial charge in [-0.3, -0.25) is 14.4 Å². The van der Waals surface area contributed by atoms with Gasteiger partial charge in [-0.05, 0) is 56.5 Å². The van der Waals surface area contributed by atoms with Crippen LogP contribution in [0, 0.1) is 13.8 Å². The van der Waals surface area contributed by atoms with Gasteiger partial charge in [-0.1, -0.05) is 36.8 Å². The lowest BCUT2D eigenvalue weighted by atomic mass is 9.99. The van der Waals surface area contributed by atoms with Crippen LogP contribution in [0.5, 0.6) is 0 Å². The lowest BCUT2D eigenvalue weighted by Gasteiger charge is -2.14. The highest BCUT2D eigenvalue weighted by atomic mass is 16.5. The first kappa shape index (κ1) is 21.4. The standard InChI is InChI=1S/C23H27NO4/c1-5-18-8-10-19(11-9-18)24-23(27)17(4)28-22(26)13-12-21(25)20-14-15(2)6-7-16(20)3/h6-11,14,17H,5,12-13H2,1-4H3,(H,24,27)/t17-/m1/s1. The summed E-state index contributed by atoms with van der Waals surface area (Å²) in [5.41, 5.74) is 4.31. The van der Waals surface area contributed by atoms with Crippen LogP contribution in [0.1, 0.15) is 53.7 Å². The minimum absolute atomic E-state index is 0.0515. The van der Waals surface area contributed by atoms with E-state index < -0.39 is 18.0 Å². The van der Waals surface area contributed by atoms with Gasteiger partial charge in [-0.25, -0.2) is 0 Å². The predicted octanol–water partition coefficient (Wildman–Crippen LogP) is 4.40. The van der Waals surface area contributed by atoms with Crippen LogP contribution in [0.3, 0.4) is 0 Å². The number of aryl methyl sites for hydroxylation is 3. The summed E-state index contributed by atoms with van der Waals surface area (Å²) in [5.74, 6) is -1.08. The van der Waals surface area contributed by atoms with Crippen molar-refractivity contribution in [1.29, 1.82) is 0 Å². The third-order valence-electron chi connectivity index (χ3n) is 4.56. The molecule has 5 heteroatoms. The summed E-state index contributed by atoms with van der Waals surface area (Å²) in [6, 6.07) is 13.2. The second-order valence-electron chi connectivity index (χ2n) is 6.91. The van der Waals surface area contributed by atoms with Crippen LogP contribution in [0.25, 0.3) is 0 Å². The molecule has 2 aromatic rings. The molecule has 0 saturated heterocycles. The summed E-state index contributed by atoms with van der Waals surface area (Å²) in [4.78, 5) is 36.6. The van der Waals surface area contributed by atoms with Crippen molar-refractivity contribution in [3.05, 3.63) is 64.7 Å². The topological polar surface area (TPSA) is 72.5 Å². The molecule has 1 N–H and O–H groups in total. The van der Waals surface area contributed by atoms with Gasteiger partial charge in [0.05, 0.1) is 6.42 Å². The van der Waals surface area contributed by atoms with Gasteiger partial charge in [0.25, 0.3) is 5.91 Å². The second-order valence-corrected chi connectivity index (χ2v) is 6.91. The number of hydrogen-bond donors (Lipinski definition) is 1. The number of anilines is 1. The van der Waals surface area contributed by atoms with Crippen LogP contribution in [0.4, 0.5) is 5.69 Å².